The van der Waals surface area contributed by atoms with Crippen LogP contribution in [0.4, 0.5) is 0 Å². The predicted octanol–water partition coefficient (Wildman–Crippen LogP) is 1.15. The molecule has 134 valence electrons. The van der Waals surface area contributed by atoms with Crippen LogP contribution < -0.4 is 5.32 Å². The molecular weight excluding hydrogens is 337 g/mol. The molecule has 0 aromatic carbocycles. The van der Waals surface area contributed by atoms with Gasteiger partial charge in [0, 0.05) is 38.1 Å². The summed E-state index contributed by atoms with van der Waals surface area (Å²) >= 11 is 0. The van der Waals surface area contributed by atoms with Crippen molar-refractivity contribution in [3.05, 3.63) is 0 Å². The number of nitrogens with zero attached hydrogens (tertiary/aromatic N) is 2. The average Bonchev–Trinajstić information content (AvgIpc) is 3.01. The maximum atomic E-state index is 12.8. The minimum Gasteiger partial charge on any atom is -0.379 e. The first kappa shape index (κ1) is 19.3. The van der Waals surface area contributed by atoms with E-state index in [9.17, 15) is 4.79 Å². The fourth-order valence-corrected chi connectivity index (χ4v) is 4.58. The molecule has 0 radical (unpaired) electrons. The summed E-state index contributed by atoms with van der Waals surface area (Å²) in [5.41, 5.74) is 0.374. The van der Waals surface area contributed by atoms with Crippen LogP contribution >= 0.6 is 24.8 Å². The highest BCUT2D eigenvalue weighted by Gasteiger charge is 2.58. The van der Waals surface area contributed by atoms with E-state index in [2.05, 4.69) is 15.1 Å². The summed E-state index contributed by atoms with van der Waals surface area (Å²) in [6.45, 7) is 7.87. The van der Waals surface area contributed by atoms with Crippen LogP contribution in [0.15, 0.2) is 0 Å². The second-order valence-corrected chi connectivity index (χ2v) is 7.24. The van der Waals surface area contributed by atoms with Crippen LogP contribution in [0.5, 0.6) is 0 Å². The summed E-state index contributed by atoms with van der Waals surface area (Å²) in [7, 11) is 0. The summed E-state index contributed by atoms with van der Waals surface area (Å²) in [6, 6.07) is 0.570. The lowest BCUT2D eigenvalue weighted by molar-refractivity contribution is -0.132. The molecular formula is C16H29Cl2N3O2. The first-order chi connectivity index (χ1) is 10.3. The molecule has 1 N–H and O–H groups in total. The lowest BCUT2D eigenvalue weighted by atomic mass is 9.91. The van der Waals surface area contributed by atoms with Gasteiger partial charge in [-0.05, 0) is 44.2 Å². The Hall–Kier alpha value is -0.0700. The zero-order chi connectivity index (χ0) is 14.3. The molecule has 3 saturated heterocycles. The van der Waals surface area contributed by atoms with Crippen molar-refractivity contribution in [3.63, 3.8) is 0 Å². The third-order valence-electron chi connectivity index (χ3n) is 6.12. The number of carbonyl (C=O) groups excluding carboxylic acids is 1. The average molecular weight is 366 g/mol. The van der Waals surface area contributed by atoms with Gasteiger partial charge in [-0.25, -0.2) is 0 Å². The van der Waals surface area contributed by atoms with Gasteiger partial charge in [0.1, 0.15) is 0 Å². The van der Waals surface area contributed by atoms with Gasteiger partial charge in [-0.2, -0.15) is 0 Å². The summed E-state index contributed by atoms with van der Waals surface area (Å²) in [6.07, 6.45) is 4.69. The second kappa shape index (κ2) is 7.87. The first-order valence-corrected chi connectivity index (χ1v) is 8.60. The molecule has 2 atom stereocenters. The van der Waals surface area contributed by atoms with E-state index in [1.165, 1.54) is 12.8 Å². The number of carbonyl (C=O) groups is 1. The SMILES string of the molecule is Cl.Cl.O=C(C1CC12CCNCC2)N1CCC(N2CCOCC2)C1. The lowest BCUT2D eigenvalue weighted by Gasteiger charge is -2.32. The van der Waals surface area contributed by atoms with Crippen LogP contribution in [0.2, 0.25) is 0 Å². The van der Waals surface area contributed by atoms with Gasteiger partial charge in [-0.1, -0.05) is 0 Å². The van der Waals surface area contributed by atoms with Gasteiger partial charge in [-0.3, -0.25) is 9.69 Å². The Morgan fingerprint density at radius 2 is 1.78 bits per heavy atom. The summed E-state index contributed by atoms with van der Waals surface area (Å²) in [4.78, 5) is 17.4. The number of ether oxygens (including phenoxy) is 1. The van der Waals surface area contributed by atoms with Crippen molar-refractivity contribution in [2.45, 2.75) is 31.7 Å². The zero-order valence-electron chi connectivity index (χ0n) is 13.7. The van der Waals surface area contributed by atoms with Crippen LogP contribution in [0, 0.1) is 11.3 Å². The first-order valence-electron chi connectivity index (χ1n) is 8.60. The monoisotopic (exact) mass is 365 g/mol. The number of morpholine rings is 1. The molecule has 3 heterocycles. The fourth-order valence-electron chi connectivity index (χ4n) is 4.58. The number of nitrogens with one attached hydrogen (secondary N) is 1. The number of halogens is 2. The Kier molecular flexibility index (Phi) is 6.59. The number of likely N-dealkylation sites (tertiary alicyclic amines) is 1. The van der Waals surface area contributed by atoms with E-state index in [-0.39, 0.29) is 24.8 Å². The van der Waals surface area contributed by atoms with Crippen LogP contribution in [-0.2, 0) is 9.53 Å². The van der Waals surface area contributed by atoms with Crippen LogP contribution in [0.1, 0.15) is 25.7 Å². The molecule has 7 heteroatoms. The van der Waals surface area contributed by atoms with E-state index in [1.54, 1.807) is 0 Å². The molecule has 0 aromatic rings. The second-order valence-electron chi connectivity index (χ2n) is 7.24. The van der Waals surface area contributed by atoms with Crippen LogP contribution in [-0.4, -0.2) is 74.2 Å². The number of hydrogen-bond donors (Lipinski definition) is 1. The molecule has 1 saturated carbocycles. The van der Waals surface area contributed by atoms with Gasteiger partial charge in [-0.15, -0.1) is 24.8 Å². The van der Waals surface area contributed by atoms with Crippen molar-refractivity contribution in [2.24, 2.45) is 11.3 Å². The normalized spacial score (nSPS) is 33.0. The van der Waals surface area contributed by atoms with Crippen LogP contribution in [0.3, 0.4) is 0 Å². The van der Waals surface area contributed by atoms with Gasteiger partial charge >= 0.3 is 0 Å². The fraction of sp³-hybridized carbons (Fsp3) is 0.938. The Balaban J connectivity index is 0.000000960. The summed E-state index contributed by atoms with van der Waals surface area (Å²) in [5, 5.41) is 3.42. The van der Waals surface area contributed by atoms with E-state index in [0.717, 1.165) is 65.3 Å². The number of amides is 1. The predicted molar refractivity (Wildman–Crippen MR) is 94.5 cm³/mol. The third-order valence-corrected chi connectivity index (χ3v) is 6.12. The molecule has 1 spiro atoms. The van der Waals surface area contributed by atoms with Crippen LogP contribution in [0.25, 0.3) is 0 Å². The van der Waals surface area contributed by atoms with Crippen molar-refractivity contribution in [1.82, 2.24) is 15.1 Å². The zero-order valence-corrected chi connectivity index (χ0v) is 15.3. The van der Waals surface area contributed by atoms with Crippen molar-refractivity contribution < 1.29 is 9.53 Å². The van der Waals surface area contributed by atoms with Crippen molar-refractivity contribution in [3.8, 4) is 0 Å². The molecule has 5 nitrogen and oxygen atoms in total. The van der Waals surface area contributed by atoms with E-state index >= 15 is 0 Å². The summed E-state index contributed by atoms with van der Waals surface area (Å²) < 4.78 is 5.43. The van der Waals surface area contributed by atoms with Gasteiger partial charge in [0.15, 0.2) is 0 Å². The molecule has 23 heavy (non-hydrogen) atoms. The molecule has 4 aliphatic rings. The quantitative estimate of drug-likeness (QED) is 0.797. The minimum absolute atomic E-state index is 0. The number of hydrogen-bond acceptors (Lipinski definition) is 4. The molecule has 0 bridgehead atoms. The van der Waals surface area contributed by atoms with Crippen molar-refractivity contribution in [2.75, 3.05) is 52.5 Å². The van der Waals surface area contributed by atoms with Crippen molar-refractivity contribution in [1.29, 1.82) is 0 Å². The molecule has 4 rings (SSSR count). The summed E-state index contributed by atoms with van der Waals surface area (Å²) in [5.74, 6) is 0.788. The number of rotatable bonds is 2. The highest BCUT2D eigenvalue weighted by atomic mass is 35.5. The van der Waals surface area contributed by atoms with Gasteiger partial charge in [0.25, 0.3) is 0 Å². The van der Waals surface area contributed by atoms with E-state index in [0.29, 0.717) is 23.3 Å². The van der Waals surface area contributed by atoms with E-state index in [1.807, 2.05) is 0 Å². The standard InChI is InChI=1S/C16H27N3O2.2ClH/c20-15(14-11-16(14)2-4-17-5-3-16)19-6-1-13(12-19)18-7-9-21-10-8-18;;/h13-14,17H,1-12H2;2*1H. The highest BCUT2D eigenvalue weighted by Crippen LogP contribution is 2.59. The highest BCUT2D eigenvalue weighted by molar-refractivity contribution is 5.85. The van der Waals surface area contributed by atoms with Gasteiger partial charge in [0.2, 0.25) is 5.91 Å². The Bertz CT molecular complexity index is 412. The van der Waals surface area contributed by atoms with E-state index < -0.39 is 0 Å². The molecule has 0 aromatic heterocycles. The lowest BCUT2D eigenvalue weighted by Crippen LogP contribution is -2.45. The largest absolute Gasteiger partial charge is 0.379 e. The smallest absolute Gasteiger partial charge is 0.226 e. The Morgan fingerprint density at radius 3 is 2.48 bits per heavy atom. The molecule has 4 fully saturated rings. The maximum Gasteiger partial charge on any atom is 0.226 e. The van der Waals surface area contributed by atoms with E-state index in [4.69, 9.17) is 4.74 Å². The topological polar surface area (TPSA) is 44.8 Å². The molecule has 3 aliphatic heterocycles. The van der Waals surface area contributed by atoms with Gasteiger partial charge < -0.3 is 15.0 Å². The molecule has 1 amide bonds. The third kappa shape index (κ3) is 3.79. The minimum atomic E-state index is 0. The number of piperidine rings is 1. The van der Waals surface area contributed by atoms with Gasteiger partial charge in [0.05, 0.1) is 13.2 Å². The Labute approximate surface area is 151 Å². The Morgan fingerprint density at radius 1 is 1.09 bits per heavy atom. The maximum absolute atomic E-state index is 12.8. The van der Waals surface area contributed by atoms with Crippen molar-refractivity contribution >= 4 is 30.7 Å². The molecule has 2 unspecified atom stereocenters. The molecule has 1 aliphatic carbocycles.